The van der Waals surface area contributed by atoms with Crippen molar-refractivity contribution in [3.05, 3.63) is 125 Å². The highest BCUT2D eigenvalue weighted by Crippen LogP contribution is 2.36. The van der Waals surface area contributed by atoms with Gasteiger partial charge in [0.2, 0.25) is 12.3 Å². The molecule has 0 radical (unpaired) electrons. The zero-order valence-corrected chi connectivity index (χ0v) is 22.7. The molecule has 1 heterocycles. The van der Waals surface area contributed by atoms with Crippen LogP contribution in [0.15, 0.2) is 97.1 Å². The van der Waals surface area contributed by atoms with Crippen LogP contribution < -0.4 is 10.9 Å². The monoisotopic (exact) mass is 541 g/mol. The van der Waals surface area contributed by atoms with E-state index >= 15 is 0 Å². The van der Waals surface area contributed by atoms with E-state index in [4.69, 9.17) is 0 Å². The molecule has 1 saturated heterocycles. The Hall–Kier alpha value is -4.52. The molecule has 0 bridgehead atoms. The van der Waals surface area contributed by atoms with E-state index in [0.29, 0.717) is 25.9 Å². The number of piperidine rings is 1. The number of benzene rings is 4. The molecule has 0 unspecified atom stereocenters. The van der Waals surface area contributed by atoms with Crippen LogP contribution in [-0.4, -0.2) is 30.3 Å². The van der Waals surface area contributed by atoms with Gasteiger partial charge in [0, 0.05) is 13.1 Å². The minimum absolute atomic E-state index is 0.185. The van der Waals surface area contributed by atoms with E-state index in [2.05, 4.69) is 29.9 Å². The van der Waals surface area contributed by atoms with Crippen LogP contribution >= 0.6 is 0 Å². The summed E-state index contributed by atoms with van der Waals surface area (Å²) in [4.78, 5) is 25.7. The molecule has 7 heteroatoms. The largest absolute Gasteiger partial charge is 0.345 e. The second kappa shape index (κ2) is 13.0. The van der Waals surface area contributed by atoms with E-state index in [1.165, 1.54) is 29.8 Å². The van der Waals surface area contributed by atoms with E-state index in [9.17, 15) is 18.4 Å². The van der Waals surface area contributed by atoms with Gasteiger partial charge in [-0.3, -0.25) is 20.4 Å². The van der Waals surface area contributed by atoms with Gasteiger partial charge >= 0.3 is 0 Å². The number of nitrogens with zero attached hydrogens (tertiary/aromatic N) is 1. The molecule has 0 aliphatic carbocycles. The lowest BCUT2D eigenvalue weighted by Gasteiger charge is -2.39. The lowest BCUT2D eigenvalue weighted by Crippen LogP contribution is -2.52. The number of rotatable bonds is 6. The molecule has 1 aliphatic rings. The van der Waals surface area contributed by atoms with E-state index in [-0.39, 0.29) is 17.5 Å². The van der Waals surface area contributed by atoms with Gasteiger partial charge in [-0.25, -0.2) is 8.78 Å². The number of carbonyl (C=O) groups is 2. The van der Waals surface area contributed by atoms with E-state index in [0.717, 1.165) is 34.4 Å². The summed E-state index contributed by atoms with van der Waals surface area (Å²) in [5, 5.41) is 0. The van der Waals surface area contributed by atoms with E-state index in [1.54, 1.807) is 29.2 Å². The molecule has 4 aromatic rings. The van der Waals surface area contributed by atoms with Crippen LogP contribution in [0.1, 0.15) is 29.5 Å². The maximum atomic E-state index is 13.3. The first-order valence-corrected chi connectivity index (χ1v) is 13.2. The number of hydrazine groups is 1. The van der Waals surface area contributed by atoms with Gasteiger partial charge in [0.1, 0.15) is 11.6 Å². The smallest absolute Gasteiger partial charge is 0.249 e. The predicted molar refractivity (Wildman–Crippen MR) is 154 cm³/mol. The van der Waals surface area contributed by atoms with Gasteiger partial charge in [-0.2, -0.15) is 0 Å². The lowest BCUT2D eigenvalue weighted by molar-refractivity contribution is -0.130. The molecule has 5 rings (SSSR count). The van der Waals surface area contributed by atoms with Gasteiger partial charge in [0.25, 0.3) is 0 Å². The van der Waals surface area contributed by atoms with Gasteiger partial charge < -0.3 is 4.90 Å². The number of likely N-dealkylation sites (tertiary alicyclic amines) is 1. The van der Waals surface area contributed by atoms with Crippen molar-refractivity contribution in [2.24, 2.45) is 0 Å². The molecule has 0 aromatic heterocycles. The van der Waals surface area contributed by atoms with Gasteiger partial charge in [0.15, 0.2) is 0 Å². The first-order chi connectivity index (χ1) is 19.3. The van der Waals surface area contributed by atoms with Crippen LogP contribution in [0.25, 0.3) is 11.1 Å². The maximum absolute atomic E-state index is 13.3. The maximum Gasteiger partial charge on any atom is 0.249 e. The van der Waals surface area contributed by atoms with E-state index < -0.39 is 5.41 Å². The molecule has 206 valence electrons. The summed E-state index contributed by atoms with van der Waals surface area (Å²) in [7, 11) is 0. The number of halogens is 2. The second-order valence-electron chi connectivity index (χ2n) is 10.0. The van der Waals surface area contributed by atoms with Gasteiger partial charge in [-0.05, 0) is 79.8 Å². The summed E-state index contributed by atoms with van der Waals surface area (Å²) in [5.41, 5.74) is 11.0. The second-order valence-corrected chi connectivity index (χ2v) is 10.0. The summed E-state index contributed by atoms with van der Waals surface area (Å²) in [6, 6.07) is 28.4. The average molecular weight is 542 g/mol. The average Bonchev–Trinajstić information content (AvgIpc) is 2.98. The standard InChI is InChI=1S/C20H22FN3O2.C13H11F/c1-15-2-8-18(9-3-15)22-23-19(26)20(10-12-24(14-25)13-11-20)16-4-6-17(21)7-5-16;1-10-2-4-11(5-3-10)12-6-8-13(14)9-7-12/h2-9,14,22H,10-13H2,1H3,(H,23,26);2-9H,1H3. The highest BCUT2D eigenvalue weighted by atomic mass is 19.1. The Morgan fingerprint density at radius 1 is 0.725 bits per heavy atom. The SMILES string of the molecule is Cc1ccc(-c2ccc(F)cc2)cc1.Cc1ccc(NNC(=O)C2(c3ccc(F)cc3)CCN(C=O)CC2)cc1. The zero-order chi connectivity index (χ0) is 28.5. The summed E-state index contributed by atoms with van der Waals surface area (Å²) in [5.74, 6) is -0.719. The first-order valence-electron chi connectivity index (χ1n) is 13.2. The quantitative estimate of drug-likeness (QED) is 0.214. The Morgan fingerprint density at radius 3 is 1.68 bits per heavy atom. The van der Waals surface area contributed by atoms with Crippen LogP contribution in [0.3, 0.4) is 0 Å². The Balaban J connectivity index is 0.000000222. The highest BCUT2D eigenvalue weighted by molar-refractivity contribution is 5.89. The van der Waals surface area contributed by atoms with Crippen molar-refractivity contribution in [1.29, 1.82) is 0 Å². The van der Waals surface area contributed by atoms with Crippen molar-refractivity contribution in [2.45, 2.75) is 32.1 Å². The third-order valence-electron chi connectivity index (χ3n) is 7.23. The third kappa shape index (κ3) is 7.11. The first kappa shape index (κ1) is 28.5. The number of hydrogen-bond donors (Lipinski definition) is 2. The van der Waals surface area contributed by atoms with Crippen LogP contribution in [0.4, 0.5) is 14.5 Å². The predicted octanol–water partition coefficient (Wildman–Crippen LogP) is 6.57. The molecular formula is C33H33F2N3O2. The van der Waals surface area contributed by atoms with Crippen LogP contribution in [0.5, 0.6) is 0 Å². The minimum atomic E-state index is -0.801. The molecule has 2 amide bonds. The molecule has 0 atom stereocenters. The number of carbonyl (C=O) groups excluding carboxylic acids is 2. The third-order valence-corrected chi connectivity index (χ3v) is 7.23. The van der Waals surface area contributed by atoms with Crippen molar-refractivity contribution < 1.29 is 18.4 Å². The molecule has 0 spiro atoms. The zero-order valence-electron chi connectivity index (χ0n) is 22.7. The molecule has 40 heavy (non-hydrogen) atoms. The molecule has 1 aliphatic heterocycles. The molecule has 1 fully saturated rings. The van der Waals surface area contributed by atoms with Crippen LogP contribution in [-0.2, 0) is 15.0 Å². The number of nitrogens with one attached hydrogen (secondary N) is 2. The van der Waals surface area contributed by atoms with Crippen molar-refractivity contribution in [1.82, 2.24) is 10.3 Å². The molecule has 2 N–H and O–H groups in total. The fourth-order valence-electron chi connectivity index (χ4n) is 4.70. The summed E-state index contributed by atoms with van der Waals surface area (Å²) >= 11 is 0. The Labute approximate surface area is 233 Å². The Kier molecular flexibility index (Phi) is 9.27. The van der Waals surface area contributed by atoms with Crippen molar-refractivity contribution in [3.8, 4) is 11.1 Å². The van der Waals surface area contributed by atoms with Gasteiger partial charge in [-0.15, -0.1) is 0 Å². The normalized spacial score (nSPS) is 13.9. The number of anilines is 1. The van der Waals surface area contributed by atoms with Crippen molar-refractivity contribution in [2.75, 3.05) is 18.5 Å². The molecule has 4 aromatic carbocycles. The van der Waals surface area contributed by atoms with Crippen LogP contribution in [0, 0.1) is 25.5 Å². The van der Waals surface area contributed by atoms with E-state index in [1.807, 2.05) is 43.3 Å². The highest BCUT2D eigenvalue weighted by Gasteiger charge is 2.43. The molecule has 0 saturated carbocycles. The number of aryl methyl sites for hydroxylation is 2. The summed E-state index contributed by atoms with van der Waals surface area (Å²) in [6.07, 6.45) is 1.77. The van der Waals surface area contributed by atoms with Gasteiger partial charge in [-0.1, -0.05) is 71.8 Å². The Bertz CT molecular complexity index is 1350. The van der Waals surface area contributed by atoms with Crippen molar-refractivity contribution in [3.63, 3.8) is 0 Å². The minimum Gasteiger partial charge on any atom is -0.345 e. The summed E-state index contributed by atoms with van der Waals surface area (Å²) in [6.45, 7) is 5.01. The number of hydrogen-bond acceptors (Lipinski definition) is 3. The molecule has 5 nitrogen and oxygen atoms in total. The van der Waals surface area contributed by atoms with Crippen LogP contribution in [0.2, 0.25) is 0 Å². The van der Waals surface area contributed by atoms with Gasteiger partial charge in [0.05, 0.1) is 11.1 Å². The van der Waals surface area contributed by atoms with Crippen molar-refractivity contribution >= 4 is 18.0 Å². The fourth-order valence-corrected chi connectivity index (χ4v) is 4.70. The molecular weight excluding hydrogens is 508 g/mol. The summed E-state index contributed by atoms with van der Waals surface area (Å²) < 4.78 is 26.0. The number of amides is 2. The fraction of sp³-hybridized carbons (Fsp3) is 0.212. The lowest BCUT2D eigenvalue weighted by atomic mass is 9.72. The topological polar surface area (TPSA) is 61.4 Å². The Morgan fingerprint density at radius 2 is 1.18 bits per heavy atom.